The van der Waals surface area contributed by atoms with Crippen LogP contribution in [0.5, 0.6) is 0 Å². The van der Waals surface area contributed by atoms with Crippen molar-refractivity contribution in [3.63, 3.8) is 0 Å². The lowest BCUT2D eigenvalue weighted by Crippen LogP contribution is -2.35. The van der Waals surface area contributed by atoms with E-state index in [4.69, 9.17) is 4.42 Å². The van der Waals surface area contributed by atoms with E-state index in [-0.39, 0.29) is 17.1 Å². The van der Waals surface area contributed by atoms with Crippen molar-refractivity contribution >= 4 is 18.0 Å². The highest BCUT2D eigenvalue weighted by atomic mass is 19.4. The fourth-order valence-electron chi connectivity index (χ4n) is 1.78. The number of carboxylic acids is 2. The second kappa shape index (κ2) is 5.99. The molecule has 5 nitrogen and oxygen atoms in total. The van der Waals surface area contributed by atoms with Gasteiger partial charge in [0.25, 0.3) is 0 Å². The molecule has 2 aromatic rings. The van der Waals surface area contributed by atoms with Gasteiger partial charge in [-0.1, -0.05) is 12.1 Å². The first-order chi connectivity index (χ1) is 10.7. The quantitative estimate of drug-likeness (QED) is 0.472. The van der Waals surface area contributed by atoms with Crippen molar-refractivity contribution in [2.75, 3.05) is 0 Å². The molecule has 1 heterocycles. The maximum atomic E-state index is 12.7. The highest BCUT2D eigenvalue weighted by Crippen LogP contribution is 2.32. The number of carbonyl (C=O) groups excluding carboxylic acids is 2. The molecule has 0 saturated heterocycles. The van der Waals surface area contributed by atoms with Crippen LogP contribution in [0.3, 0.4) is 0 Å². The standard InChI is InChI=1S/C15H9F3O5/c16-15(17,18)9-3-1-2-8(6-9)12-5-4-10(23-12)7-11(13(19)20)14(21)22/h1-7H,(H,19,20)(H,21,22)/p-2. The van der Waals surface area contributed by atoms with Gasteiger partial charge in [-0.05, 0) is 30.3 Å². The SMILES string of the molecule is O=C([O-])C(=Cc1ccc(-c2cccc(C(F)(F)F)c2)o1)C(=O)[O-]. The Bertz CT molecular complexity index is 770. The van der Waals surface area contributed by atoms with Gasteiger partial charge in [0.05, 0.1) is 17.5 Å². The molecule has 1 aromatic carbocycles. The van der Waals surface area contributed by atoms with Crippen LogP contribution >= 0.6 is 0 Å². The molecule has 0 aliphatic heterocycles. The maximum absolute atomic E-state index is 12.7. The van der Waals surface area contributed by atoms with Crippen molar-refractivity contribution in [3.8, 4) is 11.3 Å². The molecule has 8 heteroatoms. The summed E-state index contributed by atoms with van der Waals surface area (Å²) in [6.45, 7) is 0. The second-order valence-electron chi connectivity index (χ2n) is 4.41. The molecular weight excluding hydrogens is 317 g/mol. The zero-order valence-electron chi connectivity index (χ0n) is 11.2. The number of alkyl halides is 3. The number of rotatable bonds is 4. The van der Waals surface area contributed by atoms with Crippen LogP contribution in [0.1, 0.15) is 11.3 Å². The van der Waals surface area contributed by atoms with Gasteiger partial charge in [-0.3, -0.25) is 0 Å². The summed E-state index contributed by atoms with van der Waals surface area (Å²) in [4.78, 5) is 21.2. The van der Waals surface area contributed by atoms with Crippen molar-refractivity contribution < 1.29 is 37.4 Å². The predicted octanol–water partition coefficient (Wildman–Crippen LogP) is 0.849. The number of carboxylic acid groups (broad SMARTS) is 2. The first-order valence-corrected chi connectivity index (χ1v) is 6.10. The number of hydrogen-bond acceptors (Lipinski definition) is 5. The first-order valence-electron chi connectivity index (χ1n) is 6.10. The molecule has 0 unspecified atom stereocenters. The Hall–Kier alpha value is -3.03. The van der Waals surface area contributed by atoms with Crippen molar-refractivity contribution in [1.82, 2.24) is 0 Å². The van der Waals surface area contributed by atoms with Gasteiger partial charge in [-0.15, -0.1) is 0 Å². The highest BCUT2D eigenvalue weighted by molar-refractivity contribution is 6.14. The molecule has 0 fully saturated rings. The molecule has 0 radical (unpaired) electrons. The Kier molecular flexibility index (Phi) is 4.26. The first kappa shape index (κ1) is 16.3. The number of halogens is 3. The maximum Gasteiger partial charge on any atom is 0.416 e. The van der Waals surface area contributed by atoms with Gasteiger partial charge in [0, 0.05) is 11.1 Å². The topological polar surface area (TPSA) is 93.4 Å². The molecule has 0 aliphatic carbocycles. The number of benzene rings is 1. The Morgan fingerprint density at radius 3 is 2.26 bits per heavy atom. The van der Waals surface area contributed by atoms with Gasteiger partial charge in [0.2, 0.25) is 0 Å². The number of hydrogen-bond donors (Lipinski definition) is 0. The van der Waals surface area contributed by atoms with E-state index in [1.165, 1.54) is 24.3 Å². The Balaban J connectivity index is 2.38. The van der Waals surface area contributed by atoms with Crippen LogP contribution in [0.4, 0.5) is 13.2 Å². The average molecular weight is 324 g/mol. The molecule has 0 atom stereocenters. The van der Waals surface area contributed by atoms with Crippen LogP contribution in [-0.2, 0) is 15.8 Å². The fraction of sp³-hybridized carbons (Fsp3) is 0.0667. The van der Waals surface area contributed by atoms with Crippen molar-refractivity contribution in [2.24, 2.45) is 0 Å². The van der Waals surface area contributed by atoms with Gasteiger partial charge in [-0.25, -0.2) is 0 Å². The molecule has 1 aromatic heterocycles. The molecule has 23 heavy (non-hydrogen) atoms. The minimum absolute atomic E-state index is 0.0124. The van der Waals surface area contributed by atoms with Gasteiger partial charge in [0.1, 0.15) is 11.5 Å². The Morgan fingerprint density at radius 2 is 1.70 bits per heavy atom. The summed E-state index contributed by atoms with van der Waals surface area (Å²) >= 11 is 0. The zero-order chi connectivity index (χ0) is 17.2. The van der Waals surface area contributed by atoms with E-state index in [2.05, 4.69) is 0 Å². The van der Waals surface area contributed by atoms with E-state index in [1.54, 1.807) is 0 Å². The van der Waals surface area contributed by atoms with Crippen LogP contribution in [0, 0.1) is 0 Å². The van der Waals surface area contributed by atoms with Crippen molar-refractivity contribution in [2.45, 2.75) is 6.18 Å². The molecule has 120 valence electrons. The largest absolute Gasteiger partial charge is 0.545 e. The smallest absolute Gasteiger partial charge is 0.416 e. The van der Waals surface area contributed by atoms with E-state index in [9.17, 15) is 33.0 Å². The zero-order valence-corrected chi connectivity index (χ0v) is 11.2. The van der Waals surface area contributed by atoms with Crippen LogP contribution < -0.4 is 10.2 Å². The van der Waals surface area contributed by atoms with Crippen molar-refractivity contribution in [1.29, 1.82) is 0 Å². The molecule has 0 aliphatic rings. The molecule has 0 amide bonds. The number of furan rings is 1. The highest BCUT2D eigenvalue weighted by Gasteiger charge is 2.30. The van der Waals surface area contributed by atoms with Gasteiger partial charge < -0.3 is 24.2 Å². The Morgan fingerprint density at radius 1 is 1.04 bits per heavy atom. The van der Waals surface area contributed by atoms with E-state index < -0.39 is 29.3 Å². The van der Waals surface area contributed by atoms with Crippen LogP contribution in [0.2, 0.25) is 0 Å². The molecule has 0 spiro atoms. The minimum atomic E-state index is -4.53. The summed E-state index contributed by atoms with van der Waals surface area (Å²) in [5, 5.41) is 21.2. The summed E-state index contributed by atoms with van der Waals surface area (Å²) in [6.07, 6.45) is -3.87. The molecule has 0 bridgehead atoms. The minimum Gasteiger partial charge on any atom is -0.545 e. The van der Waals surface area contributed by atoms with E-state index in [0.717, 1.165) is 12.1 Å². The molecule has 0 saturated carbocycles. The summed E-state index contributed by atoms with van der Waals surface area (Å²) < 4.78 is 43.1. The summed E-state index contributed by atoms with van der Waals surface area (Å²) in [6, 6.07) is 6.78. The van der Waals surface area contributed by atoms with Gasteiger partial charge in [-0.2, -0.15) is 13.2 Å². The Labute approximate surface area is 127 Å². The van der Waals surface area contributed by atoms with Crippen LogP contribution in [-0.4, -0.2) is 11.9 Å². The summed E-state index contributed by atoms with van der Waals surface area (Å²) in [5.74, 6) is -4.11. The second-order valence-corrected chi connectivity index (χ2v) is 4.41. The van der Waals surface area contributed by atoms with Crippen molar-refractivity contribution in [3.05, 3.63) is 53.3 Å². The van der Waals surface area contributed by atoms with Crippen LogP contribution in [0.25, 0.3) is 17.4 Å². The van der Waals surface area contributed by atoms with E-state index in [1.807, 2.05) is 0 Å². The monoisotopic (exact) mass is 324 g/mol. The molecule has 2 rings (SSSR count). The van der Waals surface area contributed by atoms with Gasteiger partial charge >= 0.3 is 6.18 Å². The lowest BCUT2D eigenvalue weighted by molar-refractivity contribution is -0.311. The number of aliphatic carboxylic acids is 2. The average Bonchev–Trinajstić information content (AvgIpc) is 2.92. The summed E-state index contributed by atoms with van der Waals surface area (Å²) in [7, 11) is 0. The lowest BCUT2D eigenvalue weighted by atomic mass is 10.1. The lowest BCUT2D eigenvalue weighted by Gasteiger charge is -2.08. The number of carbonyl (C=O) groups is 2. The fourth-order valence-corrected chi connectivity index (χ4v) is 1.78. The normalized spacial score (nSPS) is 11.1. The predicted molar refractivity (Wildman–Crippen MR) is 67.1 cm³/mol. The molecule has 0 N–H and O–H groups in total. The third-order valence-electron chi connectivity index (χ3n) is 2.83. The summed E-state index contributed by atoms with van der Waals surface area (Å²) in [5.41, 5.74) is -1.92. The third-order valence-corrected chi connectivity index (χ3v) is 2.83. The van der Waals surface area contributed by atoms with E-state index >= 15 is 0 Å². The van der Waals surface area contributed by atoms with Gasteiger partial charge in [0.15, 0.2) is 0 Å². The third kappa shape index (κ3) is 3.79. The van der Waals surface area contributed by atoms with E-state index in [0.29, 0.717) is 6.08 Å². The van der Waals surface area contributed by atoms with Crippen LogP contribution in [0.15, 0.2) is 46.4 Å². The molecular formula is C15H7F3O5-2.